The highest BCUT2D eigenvalue weighted by Gasteiger charge is 2.15. The second-order valence-electron chi connectivity index (χ2n) is 4.65. The molecule has 0 atom stereocenters. The van der Waals surface area contributed by atoms with Gasteiger partial charge >= 0.3 is 0 Å². The van der Waals surface area contributed by atoms with Gasteiger partial charge in [-0.2, -0.15) is 16.3 Å². The summed E-state index contributed by atoms with van der Waals surface area (Å²) in [6.07, 6.45) is 1.61. The Hall–Kier alpha value is -2.39. The summed E-state index contributed by atoms with van der Waals surface area (Å²) in [6, 6.07) is 5.63. The first-order chi connectivity index (χ1) is 11.3. The highest BCUT2D eigenvalue weighted by molar-refractivity contribution is 7.98. The molecule has 4 aromatic rings. The third kappa shape index (κ3) is 2.80. The van der Waals surface area contributed by atoms with Crippen LogP contribution in [0, 0.1) is 0 Å². The topological polar surface area (TPSA) is 82.8 Å². The van der Waals surface area contributed by atoms with Gasteiger partial charge in [0.2, 0.25) is 11.7 Å². The van der Waals surface area contributed by atoms with Gasteiger partial charge in [-0.05, 0) is 23.6 Å². The average Bonchev–Trinajstić information content (AvgIpc) is 3.33. The number of nitrogens with zero attached hydrogens (tertiary/aromatic N) is 5. The molecule has 0 N–H and O–H groups in total. The Morgan fingerprint density at radius 1 is 1.30 bits per heavy atom. The summed E-state index contributed by atoms with van der Waals surface area (Å²) in [5.41, 5.74) is 0.966. The summed E-state index contributed by atoms with van der Waals surface area (Å²) in [6.45, 7) is 0. The zero-order valence-corrected chi connectivity index (χ0v) is 13.7. The third-order valence-electron chi connectivity index (χ3n) is 3.15. The molecule has 9 heteroatoms. The Bertz CT molecular complexity index is 896. The summed E-state index contributed by atoms with van der Waals surface area (Å²) < 4.78 is 12.5. The number of aromatic nitrogens is 5. The molecule has 0 radical (unpaired) electrons. The number of thiophene rings is 1. The highest BCUT2D eigenvalue weighted by atomic mass is 32.2. The Labute approximate surface area is 139 Å². The van der Waals surface area contributed by atoms with Crippen molar-refractivity contribution in [1.29, 1.82) is 0 Å². The van der Waals surface area contributed by atoms with E-state index in [1.54, 1.807) is 17.6 Å². The largest absolute Gasteiger partial charge is 0.461 e. The summed E-state index contributed by atoms with van der Waals surface area (Å²) in [4.78, 5) is 4.39. The minimum absolute atomic E-state index is 0.529. The van der Waals surface area contributed by atoms with E-state index in [0.717, 1.165) is 10.7 Å². The van der Waals surface area contributed by atoms with E-state index in [-0.39, 0.29) is 0 Å². The molecule has 7 nitrogen and oxygen atoms in total. The fourth-order valence-corrected chi connectivity index (χ4v) is 3.39. The molecule has 4 aromatic heterocycles. The molecule has 116 valence electrons. The standard InChI is InChI=1S/C14H11N5O2S2/c1-19-13(10-3-2-5-20-10)16-17-14(19)23-8-11-15-12(18-21-11)9-4-6-22-7-9/h2-7H,8H2,1H3. The molecule has 0 amide bonds. The van der Waals surface area contributed by atoms with E-state index in [1.807, 2.05) is 40.6 Å². The number of hydrogen-bond donors (Lipinski definition) is 0. The Kier molecular flexibility index (Phi) is 3.72. The first-order valence-electron chi connectivity index (χ1n) is 6.72. The zero-order chi connectivity index (χ0) is 15.6. The molecule has 0 spiro atoms. The molecule has 4 rings (SSSR count). The summed E-state index contributed by atoms with van der Waals surface area (Å²) in [5.74, 6) is 3.06. The van der Waals surface area contributed by atoms with Crippen LogP contribution in [0.15, 0.2) is 49.3 Å². The van der Waals surface area contributed by atoms with Crippen molar-refractivity contribution in [1.82, 2.24) is 24.9 Å². The van der Waals surface area contributed by atoms with Gasteiger partial charge in [0.05, 0.1) is 12.0 Å². The Morgan fingerprint density at radius 3 is 3.04 bits per heavy atom. The molecule has 4 heterocycles. The fraction of sp³-hybridized carbons (Fsp3) is 0.143. The molecular weight excluding hydrogens is 334 g/mol. The average molecular weight is 345 g/mol. The van der Waals surface area contributed by atoms with Crippen molar-refractivity contribution >= 4 is 23.1 Å². The van der Waals surface area contributed by atoms with Gasteiger partial charge in [-0.3, -0.25) is 0 Å². The molecule has 23 heavy (non-hydrogen) atoms. The van der Waals surface area contributed by atoms with Gasteiger partial charge in [-0.1, -0.05) is 16.9 Å². The highest BCUT2D eigenvalue weighted by Crippen LogP contribution is 2.26. The van der Waals surface area contributed by atoms with E-state index in [9.17, 15) is 0 Å². The van der Waals surface area contributed by atoms with Crippen LogP contribution in [0.4, 0.5) is 0 Å². The molecule has 0 saturated heterocycles. The number of furan rings is 1. The molecule has 0 aliphatic heterocycles. The molecule has 0 aliphatic carbocycles. The maximum absolute atomic E-state index is 5.35. The molecule has 0 aliphatic rings. The SMILES string of the molecule is Cn1c(SCc2nc(-c3ccsc3)no2)nnc1-c1ccco1. The summed E-state index contributed by atoms with van der Waals surface area (Å²) >= 11 is 3.08. The molecule has 0 bridgehead atoms. The predicted octanol–water partition coefficient (Wildman–Crippen LogP) is 3.48. The van der Waals surface area contributed by atoms with Gasteiger partial charge in [-0.25, -0.2) is 0 Å². The van der Waals surface area contributed by atoms with E-state index in [0.29, 0.717) is 29.1 Å². The van der Waals surface area contributed by atoms with Crippen LogP contribution in [0.25, 0.3) is 23.0 Å². The van der Waals surface area contributed by atoms with Crippen molar-refractivity contribution in [2.45, 2.75) is 10.9 Å². The second-order valence-corrected chi connectivity index (χ2v) is 6.38. The van der Waals surface area contributed by atoms with Gasteiger partial charge in [0.1, 0.15) is 0 Å². The molecule has 0 saturated carbocycles. The lowest BCUT2D eigenvalue weighted by atomic mass is 10.3. The van der Waals surface area contributed by atoms with Crippen LogP contribution < -0.4 is 0 Å². The zero-order valence-electron chi connectivity index (χ0n) is 12.0. The van der Waals surface area contributed by atoms with Crippen molar-refractivity contribution in [2.75, 3.05) is 0 Å². The van der Waals surface area contributed by atoms with Gasteiger partial charge in [0, 0.05) is 18.0 Å². The van der Waals surface area contributed by atoms with E-state index in [4.69, 9.17) is 8.94 Å². The molecule has 0 fully saturated rings. The smallest absolute Gasteiger partial charge is 0.237 e. The van der Waals surface area contributed by atoms with Crippen LogP contribution in [-0.4, -0.2) is 24.9 Å². The Balaban J connectivity index is 1.48. The first-order valence-corrected chi connectivity index (χ1v) is 8.65. The predicted molar refractivity (Wildman–Crippen MR) is 85.9 cm³/mol. The van der Waals surface area contributed by atoms with Crippen molar-refractivity contribution in [2.24, 2.45) is 7.05 Å². The summed E-state index contributed by atoms with van der Waals surface area (Å²) in [5, 5.41) is 17.0. The van der Waals surface area contributed by atoms with Crippen molar-refractivity contribution in [3.8, 4) is 23.0 Å². The lowest BCUT2D eigenvalue weighted by molar-refractivity contribution is 0.391. The Morgan fingerprint density at radius 2 is 2.26 bits per heavy atom. The molecular formula is C14H11N5O2S2. The van der Waals surface area contributed by atoms with Crippen LogP contribution in [0.3, 0.4) is 0 Å². The summed E-state index contributed by atoms with van der Waals surface area (Å²) in [7, 11) is 1.89. The maximum atomic E-state index is 5.35. The van der Waals surface area contributed by atoms with Crippen LogP contribution in [-0.2, 0) is 12.8 Å². The van der Waals surface area contributed by atoms with E-state index in [2.05, 4.69) is 20.3 Å². The number of rotatable bonds is 5. The van der Waals surface area contributed by atoms with Crippen LogP contribution >= 0.6 is 23.1 Å². The van der Waals surface area contributed by atoms with Crippen molar-refractivity contribution < 1.29 is 8.94 Å². The van der Waals surface area contributed by atoms with Crippen molar-refractivity contribution in [3.63, 3.8) is 0 Å². The minimum Gasteiger partial charge on any atom is -0.461 e. The van der Waals surface area contributed by atoms with Gasteiger partial charge in [-0.15, -0.1) is 10.2 Å². The monoisotopic (exact) mass is 345 g/mol. The second kappa shape index (κ2) is 6.01. The molecule has 0 unspecified atom stereocenters. The lowest BCUT2D eigenvalue weighted by Crippen LogP contribution is -1.94. The molecule has 0 aromatic carbocycles. The van der Waals surface area contributed by atoms with Crippen LogP contribution in [0.2, 0.25) is 0 Å². The normalized spacial score (nSPS) is 11.2. The minimum atomic E-state index is 0.529. The van der Waals surface area contributed by atoms with E-state index >= 15 is 0 Å². The quantitative estimate of drug-likeness (QED) is 0.512. The third-order valence-corrected chi connectivity index (χ3v) is 4.84. The first kappa shape index (κ1) is 14.2. The van der Waals surface area contributed by atoms with Crippen LogP contribution in [0.1, 0.15) is 5.89 Å². The lowest BCUT2D eigenvalue weighted by Gasteiger charge is -1.99. The van der Waals surface area contributed by atoms with E-state index < -0.39 is 0 Å². The maximum Gasteiger partial charge on any atom is 0.237 e. The van der Waals surface area contributed by atoms with Crippen molar-refractivity contribution in [3.05, 3.63) is 41.1 Å². The van der Waals surface area contributed by atoms with Crippen LogP contribution in [0.5, 0.6) is 0 Å². The van der Waals surface area contributed by atoms with Gasteiger partial charge < -0.3 is 13.5 Å². The van der Waals surface area contributed by atoms with E-state index in [1.165, 1.54) is 11.8 Å². The number of thioether (sulfide) groups is 1. The fourth-order valence-electron chi connectivity index (χ4n) is 2.01. The van der Waals surface area contributed by atoms with Gasteiger partial charge in [0.15, 0.2) is 16.7 Å². The number of hydrogen-bond acceptors (Lipinski definition) is 8. The van der Waals surface area contributed by atoms with Gasteiger partial charge in [0.25, 0.3) is 0 Å².